The van der Waals surface area contributed by atoms with Crippen molar-refractivity contribution in [3.63, 3.8) is 0 Å². The minimum absolute atomic E-state index is 0.0624. The van der Waals surface area contributed by atoms with Crippen LogP contribution in [0.2, 0.25) is 0 Å². The predicted octanol–water partition coefficient (Wildman–Crippen LogP) is 5.37. The Kier molecular flexibility index (Phi) is 9.92. The molecule has 2 aliphatic heterocycles. The van der Waals surface area contributed by atoms with Gasteiger partial charge in [-0.2, -0.15) is 16.8 Å². The van der Waals surface area contributed by atoms with Gasteiger partial charge in [0.05, 0.1) is 4.75 Å². The maximum Gasteiger partial charge on any atom is 0.410 e. The predicted molar refractivity (Wildman–Crippen MR) is 173 cm³/mol. The molecule has 3 aromatic carbocycles. The number of guanidine groups is 1. The van der Waals surface area contributed by atoms with Crippen LogP contribution in [0.25, 0.3) is 0 Å². The van der Waals surface area contributed by atoms with Crippen LogP contribution < -0.4 is 5.73 Å². The number of nitrogens with two attached hydrogens (primary N) is 1. The summed E-state index contributed by atoms with van der Waals surface area (Å²) >= 11 is 3.61. The lowest BCUT2D eigenvalue weighted by molar-refractivity contribution is -0.121. The van der Waals surface area contributed by atoms with Gasteiger partial charge < -0.3 is 15.4 Å². The molecule has 2 heterocycles. The molecular formula is C33H36N4O3S2. The van der Waals surface area contributed by atoms with E-state index in [1.54, 1.807) is 11.8 Å². The molecule has 42 heavy (non-hydrogen) atoms. The first-order chi connectivity index (χ1) is 20.5. The van der Waals surface area contributed by atoms with E-state index in [1.807, 2.05) is 71.3 Å². The summed E-state index contributed by atoms with van der Waals surface area (Å²) in [6.45, 7) is 5.54. The molecule has 9 heteroatoms. The number of hydrogen-bond acceptors (Lipinski definition) is 5. The van der Waals surface area contributed by atoms with Crippen molar-refractivity contribution in [2.75, 3.05) is 37.7 Å². The van der Waals surface area contributed by atoms with Crippen LogP contribution in [0.3, 0.4) is 0 Å². The summed E-state index contributed by atoms with van der Waals surface area (Å²) in [4.78, 5) is 34.6. The molecule has 3 aromatic rings. The molecule has 0 saturated carbocycles. The summed E-state index contributed by atoms with van der Waals surface area (Å²) in [5, 5.41) is -0.0985. The van der Waals surface area contributed by atoms with Gasteiger partial charge in [0, 0.05) is 36.4 Å². The second-order valence-electron chi connectivity index (χ2n) is 10.2. The first-order valence-corrected chi connectivity index (χ1v) is 16.2. The van der Waals surface area contributed by atoms with Gasteiger partial charge in [0.25, 0.3) is 5.91 Å². The molecule has 218 valence electrons. The van der Waals surface area contributed by atoms with E-state index < -0.39 is 22.8 Å². The molecule has 0 bridgehead atoms. The van der Waals surface area contributed by atoms with Gasteiger partial charge in [0.2, 0.25) is 0 Å². The number of carbonyl (C=O) groups is 2. The smallest absolute Gasteiger partial charge is 0.410 e. The summed E-state index contributed by atoms with van der Waals surface area (Å²) in [6.07, 6.45) is 1.39. The monoisotopic (exact) mass is 600 g/mol. The van der Waals surface area contributed by atoms with Crippen molar-refractivity contribution >= 4 is 41.5 Å². The lowest BCUT2D eigenvalue weighted by Gasteiger charge is -2.37. The molecule has 7 nitrogen and oxygen atoms in total. The standard InChI is InChI=1S/C33H36N4O3S2/c1-2-20-40-32(39)37-24-28(23-29(37)30(38)35-31(34)36-18-21-41-22-19-36)42-33(25-12-6-3-7-13-25,26-14-8-4-9-15-26)27-16-10-5-11-17-27/h2-17,28-29H,1,18-24H2,(H2,34,35,38)/t28-,29-/m0/s1. The van der Waals surface area contributed by atoms with Crippen molar-refractivity contribution in [1.82, 2.24) is 9.80 Å². The fourth-order valence-electron chi connectivity index (χ4n) is 5.56. The molecule has 2 amide bonds. The normalized spacial score (nSPS) is 19.4. The maximum absolute atomic E-state index is 13.6. The summed E-state index contributed by atoms with van der Waals surface area (Å²) < 4.78 is 4.84. The minimum Gasteiger partial charge on any atom is -0.445 e. The Bertz CT molecular complexity index is 1290. The van der Waals surface area contributed by atoms with Crippen LogP contribution >= 0.6 is 23.5 Å². The molecule has 0 spiro atoms. The zero-order valence-electron chi connectivity index (χ0n) is 23.5. The van der Waals surface area contributed by atoms with Gasteiger partial charge in [-0.1, -0.05) is 104 Å². The number of nitrogens with zero attached hydrogens (tertiary/aromatic N) is 3. The van der Waals surface area contributed by atoms with Crippen LogP contribution in [0.15, 0.2) is 109 Å². The highest BCUT2D eigenvalue weighted by atomic mass is 32.2. The Hall–Kier alpha value is -3.69. The molecule has 2 fully saturated rings. The number of aliphatic imine (C=N–C) groups is 1. The highest BCUT2D eigenvalue weighted by Gasteiger charge is 2.46. The van der Waals surface area contributed by atoms with Gasteiger partial charge in [0.1, 0.15) is 12.6 Å². The molecule has 2 saturated heterocycles. The van der Waals surface area contributed by atoms with Crippen molar-refractivity contribution < 1.29 is 14.3 Å². The third-order valence-electron chi connectivity index (χ3n) is 7.55. The number of carbonyl (C=O) groups excluding carboxylic acids is 2. The van der Waals surface area contributed by atoms with Crippen LogP contribution in [0, 0.1) is 0 Å². The van der Waals surface area contributed by atoms with E-state index in [1.165, 1.54) is 11.0 Å². The Balaban J connectivity index is 1.52. The molecular weight excluding hydrogens is 565 g/mol. The van der Waals surface area contributed by atoms with Crippen molar-refractivity contribution in [2.24, 2.45) is 10.7 Å². The third-order valence-corrected chi connectivity index (χ3v) is 10.2. The van der Waals surface area contributed by atoms with Gasteiger partial charge in [-0.3, -0.25) is 9.69 Å². The van der Waals surface area contributed by atoms with E-state index in [4.69, 9.17) is 10.5 Å². The second-order valence-corrected chi connectivity index (χ2v) is 12.9. The second kappa shape index (κ2) is 14.0. The molecule has 0 aromatic heterocycles. The first-order valence-electron chi connectivity index (χ1n) is 14.1. The van der Waals surface area contributed by atoms with Crippen LogP contribution in [0.1, 0.15) is 23.1 Å². The van der Waals surface area contributed by atoms with Gasteiger partial charge >= 0.3 is 6.09 Å². The minimum atomic E-state index is -0.780. The van der Waals surface area contributed by atoms with E-state index in [9.17, 15) is 9.59 Å². The van der Waals surface area contributed by atoms with E-state index >= 15 is 0 Å². The molecule has 0 aliphatic carbocycles. The summed E-state index contributed by atoms with van der Waals surface area (Å²) in [5.41, 5.74) is 9.63. The van der Waals surface area contributed by atoms with E-state index in [2.05, 4.69) is 48.0 Å². The van der Waals surface area contributed by atoms with E-state index in [-0.39, 0.29) is 17.8 Å². The van der Waals surface area contributed by atoms with Crippen molar-refractivity contribution in [3.05, 3.63) is 120 Å². The number of ether oxygens (including phenoxy) is 1. The van der Waals surface area contributed by atoms with Gasteiger partial charge in [0.15, 0.2) is 5.96 Å². The Morgan fingerprint density at radius 3 is 1.98 bits per heavy atom. The first kappa shape index (κ1) is 29.8. The molecule has 0 radical (unpaired) electrons. The SMILES string of the molecule is C=CCOC(=O)N1C[C@@H](SC(c2ccccc2)(c2ccccc2)c2ccccc2)C[C@H]1C(=O)N=C(N)N1CCSCC1. The topological polar surface area (TPSA) is 88.2 Å². The largest absolute Gasteiger partial charge is 0.445 e. The van der Waals surface area contributed by atoms with Crippen molar-refractivity contribution in [1.29, 1.82) is 0 Å². The quantitative estimate of drug-likeness (QED) is 0.161. The zero-order valence-corrected chi connectivity index (χ0v) is 25.1. The third kappa shape index (κ3) is 6.52. The van der Waals surface area contributed by atoms with Crippen LogP contribution in [0.5, 0.6) is 0 Å². The highest BCUT2D eigenvalue weighted by Crippen LogP contribution is 2.52. The number of amides is 2. The lowest BCUT2D eigenvalue weighted by atomic mass is 9.84. The number of benzene rings is 3. The Labute approximate surface area is 256 Å². The highest BCUT2D eigenvalue weighted by molar-refractivity contribution is 8.01. The Morgan fingerprint density at radius 2 is 1.48 bits per heavy atom. The van der Waals surface area contributed by atoms with Crippen LogP contribution in [0.4, 0.5) is 4.79 Å². The summed E-state index contributed by atoms with van der Waals surface area (Å²) in [5.74, 6) is 1.66. The van der Waals surface area contributed by atoms with E-state index in [0.29, 0.717) is 13.0 Å². The Morgan fingerprint density at radius 1 is 0.952 bits per heavy atom. The number of hydrogen-bond donors (Lipinski definition) is 1. The fraction of sp³-hybridized carbons (Fsp3) is 0.303. The van der Waals surface area contributed by atoms with Crippen LogP contribution in [-0.2, 0) is 14.3 Å². The number of thioether (sulfide) groups is 2. The number of rotatable bonds is 8. The van der Waals surface area contributed by atoms with Crippen molar-refractivity contribution in [3.8, 4) is 0 Å². The van der Waals surface area contributed by atoms with Gasteiger partial charge in [-0.05, 0) is 23.1 Å². The molecule has 0 unspecified atom stereocenters. The zero-order chi connectivity index (χ0) is 29.4. The molecule has 2 atom stereocenters. The van der Waals surface area contributed by atoms with Gasteiger partial charge in [-0.25, -0.2) is 4.79 Å². The maximum atomic E-state index is 13.6. The van der Waals surface area contributed by atoms with Crippen molar-refractivity contribution in [2.45, 2.75) is 22.5 Å². The number of likely N-dealkylation sites (tertiary alicyclic amines) is 1. The average Bonchev–Trinajstić information content (AvgIpc) is 3.48. The van der Waals surface area contributed by atoms with Crippen LogP contribution in [-0.4, -0.2) is 76.8 Å². The molecule has 2 N–H and O–H groups in total. The molecule has 5 rings (SSSR count). The lowest BCUT2D eigenvalue weighted by Crippen LogP contribution is -2.45. The summed E-state index contributed by atoms with van der Waals surface area (Å²) in [7, 11) is 0. The van der Waals surface area contributed by atoms with E-state index in [0.717, 1.165) is 41.3 Å². The summed E-state index contributed by atoms with van der Waals surface area (Å²) in [6, 6.07) is 30.4. The molecule has 2 aliphatic rings. The fourth-order valence-corrected chi connectivity index (χ4v) is 8.29. The van der Waals surface area contributed by atoms with Gasteiger partial charge in [-0.15, -0.1) is 11.8 Å². The average molecular weight is 601 g/mol.